The van der Waals surface area contributed by atoms with Crippen LogP contribution in [0.5, 0.6) is 0 Å². The average Bonchev–Trinajstić information content (AvgIpc) is 1.90. The number of hydrogen-bond donors (Lipinski definition) is 2. The fraction of sp³-hybridized carbons (Fsp3) is 0.857. The second-order valence-corrected chi connectivity index (χ2v) is 2.74. The molecule has 9 heavy (non-hydrogen) atoms. The maximum atomic E-state index is 5.51. The molecule has 1 aliphatic carbocycles. The first-order valence-corrected chi connectivity index (χ1v) is 3.66. The van der Waals surface area contributed by atoms with Crippen LogP contribution in [0.1, 0.15) is 32.1 Å². The van der Waals surface area contributed by atoms with Crippen LogP contribution < -0.4 is 11.5 Å². The van der Waals surface area contributed by atoms with Gasteiger partial charge in [-0.1, -0.05) is 19.3 Å². The highest BCUT2D eigenvalue weighted by molar-refractivity contribution is 4.98. The van der Waals surface area contributed by atoms with E-state index < -0.39 is 0 Å². The van der Waals surface area contributed by atoms with Gasteiger partial charge < -0.3 is 11.5 Å². The van der Waals surface area contributed by atoms with Gasteiger partial charge in [0.15, 0.2) is 0 Å². The molecule has 0 aliphatic heterocycles. The molecule has 1 radical (unpaired) electrons. The van der Waals surface area contributed by atoms with Crippen LogP contribution in [0.3, 0.4) is 0 Å². The standard InChI is InChI=1S/C7H15N2/c8-7(9)6-4-2-1-3-5-6/h7H,1-5,8-9H2. The van der Waals surface area contributed by atoms with Gasteiger partial charge in [-0.05, 0) is 12.8 Å². The third-order valence-corrected chi connectivity index (χ3v) is 1.97. The molecule has 2 heteroatoms. The van der Waals surface area contributed by atoms with Crippen molar-refractivity contribution in [3.8, 4) is 0 Å². The Labute approximate surface area is 56.6 Å². The molecule has 0 bridgehead atoms. The van der Waals surface area contributed by atoms with Crippen LogP contribution in [0.4, 0.5) is 0 Å². The first-order chi connectivity index (χ1) is 4.30. The fourth-order valence-electron chi connectivity index (χ4n) is 1.34. The molecule has 0 aromatic heterocycles. The number of hydrogen-bond acceptors (Lipinski definition) is 2. The van der Waals surface area contributed by atoms with Crippen LogP contribution in [-0.2, 0) is 0 Å². The van der Waals surface area contributed by atoms with Crippen molar-refractivity contribution >= 4 is 0 Å². The predicted molar refractivity (Wildman–Crippen MR) is 38.5 cm³/mol. The van der Waals surface area contributed by atoms with Crippen LogP contribution in [0.2, 0.25) is 0 Å². The molecule has 4 N–H and O–H groups in total. The summed E-state index contributed by atoms with van der Waals surface area (Å²) in [4.78, 5) is 0. The molecule has 0 aromatic rings. The third-order valence-electron chi connectivity index (χ3n) is 1.97. The normalized spacial score (nSPS) is 23.0. The highest BCUT2D eigenvalue weighted by atomic mass is 14.9. The van der Waals surface area contributed by atoms with Gasteiger partial charge in [0.1, 0.15) is 0 Å². The lowest BCUT2D eigenvalue weighted by atomic mass is 9.87. The van der Waals surface area contributed by atoms with E-state index in [1.807, 2.05) is 0 Å². The summed E-state index contributed by atoms with van der Waals surface area (Å²) >= 11 is 0. The van der Waals surface area contributed by atoms with Gasteiger partial charge in [-0.2, -0.15) is 0 Å². The van der Waals surface area contributed by atoms with Crippen LogP contribution in [0, 0.1) is 5.92 Å². The summed E-state index contributed by atoms with van der Waals surface area (Å²) < 4.78 is 0. The molecular weight excluding hydrogens is 112 g/mol. The topological polar surface area (TPSA) is 52.0 Å². The molecule has 0 saturated heterocycles. The molecule has 1 rings (SSSR count). The molecule has 0 heterocycles. The average molecular weight is 127 g/mol. The summed E-state index contributed by atoms with van der Waals surface area (Å²) in [6, 6.07) is 0. The van der Waals surface area contributed by atoms with Crippen LogP contribution in [0.25, 0.3) is 0 Å². The van der Waals surface area contributed by atoms with E-state index >= 15 is 0 Å². The van der Waals surface area contributed by atoms with Gasteiger partial charge in [0.05, 0.1) is 6.17 Å². The van der Waals surface area contributed by atoms with E-state index in [4.69, 9.17) is 11.5 Å². The molecule has 1 fully saturated rings. The summed E-state index contributed by atoms with van der Waals surface area (Å²) in [5.41, 5.74) is 11.0. The highest BCUT2D eigenvalue weighted by Crippen LogP contribution is 2.25. The lowest BCUT2D eigenvalue weighted by Crippen LogP contribution is -2.38. The van der Waals surface area contributed by atoms with Gasteiger partial charge >= 0.3 is 0 Å². The zero-order chi connectivity index (χ0) is 6.69. The molecule has 0 spiro atoms. The Morgan fingerprint density at radius 2 is 1.56 bits per heavy atom. The monoisotopic (exact) mass is 127 g/mol. The van der Waals surface area contributed by atoms with E-state index in [9.17, 15) is 0 Å². The smallest absolute Gasteiger partial charge is 0.0585 e. The van der Waals surface area contributed by atoms with Crippen molar-refractivity contribution in [1.29, 1.82) is 0 Å². The fourth-order valence-corrected chi connectivity index (χ4v) is 1.34. The Bertz CT molecular complexity index is 75.0. The number of nitrogens with two attached hydrogens (primary N) is 2. The van der Waals surface area contributed by atoms with Crippen LogP contribution >= 0.6 is 0 Å². The van der Waals surface area contributed by atoms with Crippen molar-refractivity contribution in [1.82, 2.24) is 0 Å². The summed E-state index contributed by atoms with van der Waals surface area (Å²) in [5, 5.41) is 0. The van der Waals surface area contributed by atoms with Crippen LogP contribution in [-0.4, -0.2) is 6.17 Å². The molecule has 1 saturated carbocycles. The van der Waals surface area contributed by atoms with Crippen LogP contribution in [0.15, 0.2) is 0 Å². The van der Waals surface area contributed by atoms with Gasteiger partial charge in [-0.25, -0.2) is 0 Å². The Morgan fingerprint density at radius 1 is 1.00 bits per heavy atom. The molecule has 0 atom stereocenters. The van der Waals surface area contributed by atoms with Crippen molar-refractivity contribution < 1.29 is 0 Å². The van der Waals surface area contributed by atoms with Crippen molar-refractivity contribution in [3.05, 3.63) is 5.92 Å². The van der Waals surface area contributed by atoms with Crippen molar-refractivity contribution in [2.24, 2.45) is 11.5 Å². The minimum Gasteiger partial charge on any atom is -0.316 e. The molecule has 0 amide bonds. The first-order valence-electron chi connectivity index (χ1n) is 3.66. The van der Waals surface area contributed by atoms with Gasteiger partial charge in [0.2, 0.25) is 0 Å². The molecule has 0 aromatic carbocycles. The SMILES string of the molecule is NC(N)[C]1CCCCC1. The molecule has 0 unspecified atom stereocenters. The van der Waals surface area contributed by atoms with E-state index in [0.717, 1.165) is 12.8 Å². The minimum absolute atomic E-state index is 0.148. The van der Waals surface area contributed by atoms with Gasteiger partial charge in [-0.15, -0.1) is 0 Å². The highest BCUT2D eigenvalue weighted by Gasteiger charge is 2.17. The Balaban J connectivity index is 2.23. The van der Waals surface area contributed by atoms with Crippen molar-refractivity contribution in [3.63, 3.8) is 0 Å². The molecule has 53 valence electrons. The second kappa shape index (κ2) is 3.18. The molecule has 1 aliphatic rings. The van der Waals surface area contributed by atoms with Crippen molar-refractivity contribution in [2.75, 3.05) is 0 Å². The summed E-state index contributed by atoms with van der Waals surface area (Å²) in [6.45, 7) is 0. The summed E-state index contributed by atoms with van der Waals surface area (Å²) in [6.07, 6.45) is 6.12. The zero-order valence-electron chi connectivity index (χ0n) is 5.77. The van der Waals surface area contributed by atoms with E-state index in [-0.39, 0.29) is 6.17 Å². The Morgan fingerprint density at radius 3 is 1.89 bits per heavy atom. The summed E-state index contributed by atoms with van der Waals surface area (Å²) in [7, 11) is 0. The van der Waals surface area contributed by atoms with Gasteiger partial charge in [0, 0.05) is 5.92 Å². The predicted octanol–water partition coefficient (Wildman–Crippen LogP) is 0.768. The number of rotatable bonds is 1. The van der Waals surface area contributed by atoms with E-state index in [0.29, 0.717) is 0 Å². The quantitative estimate of drug-likeness (QED) is 0.511. The van der Waals surface area contributed by atoms with Crippen molar-refractivity contribution in [2.45, 2.75) is 38.3 Å². The maximum Gasteiger partial charge on any atom is 0.0585 e. The largest absolute Gasteiger partial charge is 0.316 e. The van der Waals surface area contributed by atoms with Gasteiger partial charge in [-0.3, -0.25) is 0 Å². The first kappa shape index (κ1) is 7.03. The lowest BCUT2D eigenvalue weighted by molar-refractivity contribution is 0.479. The Kier molecular flexibility index (Phi) is 2.49. The zero-order valence-corrected chi connectivity index (χ0v) is 5.77. The van der Waals surface area contributed by atoms with Gasteiger partial charge in [0.25, 0.3) is 0 Å². The third kappa shape index (κ3) is 1.95. The van der Waals surface area contributed by atoms with E-state index in [1.54, 1.807) is 0 Å². The second-order valence-electron chi connectivity index (χ2n) is 2.74. The molecule has 2 nitrogen and oxygen atoms in total. The lowest BCUT2D eigenvalue weighted by Gasteiger charge is -2.23. The maximum absolute atomic E-state index is 5.51. The molecular formula is C7H15N2. The van der Waals surface area contributed by atoms with E-state index in [1.165, 1.54) is 25.2 Å². The Hall–Kier alpha value is -0.0800. The summed E-state index contributed by atoms with van der Waals surface area (Å²) in [5.74, 6) is 1.36. The van der Waals surface area contributed by atoms with E-state index in [2.05, 4.69) is 0 Å². The minimum atomic E-state index is -0.148.